The Hall–Kier alpha value is -0.910. The van der Waals surface area contributed by atoms with Crippen LogP contribution in [0.25, 0.3) is 0 Å². The fourth-order valence-corrected chi connectivity index (χ4v) is 1.74. The maximum absolute atomic E-state index is 3.97. The average Bonchev–Trinajstić information content (AvgIpc) is 3.28. The van der Waals surface area contributed by atoms with Gasteiger partial charge in [0.25, 0.3) is 0 Å². The van der Waals surface area contributed by atoms with Gasteiger partial charge in [0.1, 0.15) is 12.4 Å². The van der Waals surface area contributed by atoms with E-state index >= 15 is 0 Å². The Morgan fingerprint density at radius 3 is 0.974 bits per heavy atom. The molecule has 0 aromatic carbocycles. The van der Waals surface area contributed by atoms with Gasteiger partial charge in [-0.1, -0.05) is 0 Å². The van der Waals surface area contributed by atoms with Crippen molar-refractivity contribution in [2.24, 2.45) is 9.98 Å². The maximum Gasteiger partial charge on any atom is 0.194 e. The molecular formula is C31H77N6P. The van der Waals surface area contributed by atoms with Gasteiger partial charge in [-0.25, -0.2) is 9.98 Å². The highest BCUT2D eigenvalue weighted by atomic mass is 31.2. The van der Waals surface area contributed by atoms with Crippen LogP contribution in [-0.2, 0) is 0 Å². The van der Waals surface area contributed by atoms with E-state index in [4.69, 9.17) is 0 Å². The molecule has 2 aliphatic heterocycles. The highest BCUT2D eigenvalue weighted by Gasteiger charge is 2.15. The zero-order chi connectivity index (χ0) is 27.0. The Kier molecular flexibility index (Phi) is 39.5. The number of nitrogens with zero attached hydrogens (tertiary/aromatic N) is 6. The van der Waals surface area contributed by atoms with Crippen molar-refractivity contribution in [3.63, 3.8) is 0 Å². The summed E-state index contributed by atoms with van der Waals surface area (Å²) in [6.45, 7) is 22.9. The molecule has 0 N–H and O–H groups in total. The lowest BCUT2D eigenvalue weighted by atomic mass is 10.4. The lowest BCUT2D eigenvalue weighted by Gasteiger charge is -2.30. The van der Waals surface area contributed by atoms with Crippen LogP contribution in [0, 0.1) is 37.1 Å². The summed E-state index contributed by atoms with van der Waals surface area (Å²) in [5.41, 5.74) is 0. The fourth-order valence-electron chi connectivity index (χ4n) is 1.74. The van der Waals surface area contributed by atoms with E-state index in [1.165, 1.54) is 24.1 Å². The molecule has 236 valence electrons. The smallest absolute Gasteiger partial charge is 0.194 e. The van der Waals surface area contributed by atoms with Gasteiger partial charge in [-0.3, -0.25) is 8.97 Å². The van der Waals surface area contributed by atoms with Crippen LogP contribution in [0.3, 0.4) is 0 Å². The molecule has 0 saturated heterocycles. The first-order valence-corrected chi connectivity index (χ1v) is 15.8. The summed E-state index contributed by atoms with van der Waals surface area (Å²) in [5, 5.41) is 0. The summed E-state index contributed by atoms with van der Waals surface area (Å²) in [6.07, 6.45) is 11.5. The monoisotopic (exact) mass is 565 g/mol. The molecule has 0 amide bonds. The SMILES string of the molecule is CC[N+](C)(CC)CC.CC[N+]1(C)C=CN=C1.C[N+](C)(C)C.C[N+]1(C)C=CN=C1.C[P+](C)(C)C.[CH3-].[CH3-].[CH3-].[CH3-].[CH3-]. The molecule has 1 atom stereocenters. The number of hydrogen-bond donors (Lipinski definition) is 0. The summed E-state index contributed by atoms with van der Waals surface area (Å²) >= 11 is 0. The van der Waals surface area contributed by atoms with Crippen LogP contribution in [-0.4, -0.2) is 140 Å². The second kappa shape index (κ2) is 26.3. The molecule has 38 heavy (non-hydrogen) atoms. The molecule has 7 heteroatoms. The van der Waals surface area contributed by atoms with E-state index in [1.807, 2.05) is 25.1 Å². The second-order valence-electron chi connectivity index (χ2n) is 12.4. The van der Waals surface area contributed by atoms with Gasteiger partial charge in [0, 0.05) is 33.9 Å². The lowest BCUT2D eigenvalue weighted by Crippen LogP contribution is -2.42. The van der Waals surface area contributed by atoms with E-state index in [0.29, 0.717) is 0 Å². The molecule has 0 fully saturated rings. The molecule has 0 aliphatic carbocycles. The molecule has 2 heterocycles. The molecule has 0 spiro atoms. The Balaban J connectivity index is -0.0000000484. The Morgan fingerprint density at radius 2 is 0.895 bits per heavy atom. The van der Waals surface area contributed by atoms with Crippen molar-refractivity contribution in [1.29, 1.82) is 0 Å². The van der Waals surface area contributed by atoms with Gasteiger partial charge in [-0.15, -0.1) is 0 Å². The van der Waals surface area contributed by atoms with Crippen LogP contribution in [0.4, 0.5) is 0 Å². The highest BCUT2D eigenvalue weighted by molar-refractivity contribution is 7.73. The van der Waals surface area contributed by atoms with Gasteiger partial charge in [0.15, 0.2) is 12.7 Å². The minimum atomic E-state index is -0.389. The number of rotatable bonds is 4. The average molecular weight is 565 g/mol. The zero-order valence-electron chi connectivity index (χ0n) is 30.4. The molecule has 1 unspecified atom stereocenters. The van der Waals surface area contributed by atoms with Gasteiger partial charge in [0.05, 0.1) is 95.0 Å². The third-order valence-electron chi connectivity index (χ3n) is 4.70. The van der Waals surface area contributed by atoms with Crippen LogP contribution in [0.5, 0.6) is 0 Å². The van der Waals surface area contributed by atoms with Gasteiger partial charge >= 0.3 is 0 Å². The summed E-state index contributed by atoms with van der Waals surface area (Å²) in [7, 11) is 16.6. The molecule has 0 bridgehead atoms. The molecule has 0 aromatic rings. The molecule has 2 aliphatic rings. The predicted molar refractivity (Wildman–Crippen MR) is 189 cm³/mol. The predicted octanol–water partition coefficient (Wildman–Crippen LogP) is 7.13. The van der Waals surface area contributed by atoms with Crippen LogP contribution in [0.2, 0.25) is 0 Å². The zero-order valence-corrected chi connectivity index (χ0v) is 31.3. The van der Waals surface area contributed by atoms with Gasteiger partial charge < -0.3 is 46.1 Å². The largest absolute Gasteiger partial charge is 0.358 e. The van der Waals surface area contributed by atoms with Gasteiger partial charge in [-0.2, -0.15) is 0 Å². The quantitative estimate of drug-likeness (QED) is 0.197. The lowest BCUT2D eigenvalue weighted by molar-refractivity contribution is -0.904. The molecular weight excluding hydrogens is 487 g/mol. The summed E-state index contributed by atoms with van der Waals surface area (Å²) in [5.74, 6) is 0. The fraction of sp³-hybridized carbons (Fsp3) is 0.645. The Morgan fingerprint density at radius 1 is 0.605 bits per heavy atom. The Bertz CT molecular complexity index is 547. The summed E-state index contributed by atoms with van der Waals surface area (Å²) in [4.78, 5) is 7.88. The van der Waals surface area contributed by atoms with Crippen molar-refractivity contribution in [1.82, 2.24) is 0 Å². The van der Waals surface area contributed by atoms with Crippen molar-refractivity contribution >= 4 is 19.9 Å². The molecule has 0 radical (unpaired) electrons. The third-order valence-corrected chi connectivity index (χ3v) is 4.70. The van der Waals surface area contributed by atoms with E-state index in [2.05, 4.69) is 127 Å². The topological polar surface area (TPSA) is 24.7 Å². The number of quaternary nitrogens is 4. The van der Waals surface area contributed by atoms with Crippen LogP contribution in [0.15, 0.2) is 34.8 Å². The minimum Gasteiger partial charge on any atom is -0.358 e. The molecule has 0 saturated carbocycles. The first-order chi connectivity index (χ1) is 14.7. The molecule has 0 aromatic heterocycles. The Labute approximate surface area is 246 Å². The van der Waals surface area contributed by atoms with Crippen LogP contribution in [0.1, 0.15) is 27.7 Å². The second-order valence-corrected chi connectivity index (χ2v) is 17.7. The summed E-state index contributed by atoms with van der Waals surface area (Å²) < 4.78 is 3.83. The first kappa shape index (κ1) is 57.1. The maximum atomic E-state index is 3.97. The third kappa shape index (κ3) is 48.2. The summed E-state index contributed by atoms with van der Waals surface area (Å²) in [6, 6.07) is 0. The van der Waals surface area contributed by atoms with E-state index in [1.54, 1.807) is 6.20 Å². The van der Waals surface area contributed by atoms with E-state index in [-0.39, 0.29) is 44.4 Å². The highest BCUT2D eigenvalue weighted by Crippen LogP contribution is 2.40. The van der Waals surface area contributed by atoms with E-state index in [9.17, 15) is 0 Å². The normalized spacial score (nSPS) is 17.3. The molecule has 6 nitrogen and oxygen atoms in total. The van der Waals surface area contributed by atoms with Crippen molar-refractivity contribution in [2.75, 3.05) is 109 Å². The van der Waals surface area contributed by atoms with Crippen molar-refractivity contribution < 1.29 is 17.9 Å². The van der Waals surface area contributed by atoms with Crippen molar-refractivity contribution in [3.8, 4) is 0 Å². The van der Waals surface area contributed by atoms with E-state index in [0.717, 1.165) is 20.0 Å². The number of aliphatic imine (C=N–C) groups is 2. The van der Waals surface area contributed by atoms with Crippen LogP contribution < -0.4 is 0 Å². The number of hydrogen-bond acceptors (Lipinski definition) is 2. The van der Waals surface area contributed by atoms with Gasteiger partial charge in [-0.05, 0) is 27.7 Å². The van der Waals surface area contributed by atoms with E-state index < -0.39 is 0 Å². The van der Waals surface area contributed by atoms with Crippen molar-refractivity contribution in [3.05, 3.63) is 61.9 Å². The minimum absolute atomic E-state index is 0. The standard InChI is InChI=1S/C7H18N.C6H11N2.C5H9N2.C4H12N.C4H12P.5CH3/c1-5-8(4,6-2)7-3;1-3-8(2)5-4-7-6-8;1-7(2)4-3-6-5-7;2*1-5(2,3)4;;;;;/h5-7H2,1-4H3;4-6H,3H2,1-2H3;3-5H,1-2H3;2*1-4H3;5*1H3/q5*+1;5*-1. The molecule has 2 rings (SSSR count). The first-order valence-electron chi connectivity index (χ1n) is 12.2. The van der Waals surface area contributed by atoms with Crippen molar-refractivity contribution in [2.45, 2.75) is 27.7 Å². The van der Waals surface area contributed by atoms with Gasteiger partial charge in [0.2, 0.25) is 0 Å². The van der Waals surface area contributed by atoms with Crippen LogP contribution >= 0.6 is 7.26 Å².